The van der Waals surface area contributed by atoms with Crippen LogP contribution in [-0.2, 0) is 0 Å². The number of hydrogen-bond donors (Lipinski definition) is 0. The molecule has 6 nitrogen and oxygen atoms in total. The van der Waals surface area contributed by atoms with Gasteiger partial charge in [0.25, 0.3) is 5.91 Å². The Bertz CT molecular complexity index is 1090. The molecule has 0 saturated heterocycles. The van der Waals surface area contributed by atoms with Gasteiger partial charge in [-0.2, -0.15) is 0 Å². The number of ether oxygens (including phenoxy) is 2. The van der Waals surface area contributed by atoms with Crippen molar-refractivity contribution in [3.8, 4) is 11.5 Å². The Balaban J connectivity index is 0.00000385. The molecule has 0 aliphatic carbocycles. The maximum Gasteiger partial charge on any atom is 0.260 e. The van der Waals surface area contributed by atoms with Crippen LogP contribution in [0.1, 0.15) is 30.6 Å². The van der Waals surface area contributed by atoms with Gasteiger partial charge in [-0.05, 0) is 65.2 Å². The second kappa shape index (κ2) is 12.1. The third kappa shape index (κ3) is 6.52. The molecule has 0 bridgehead atoms. The minimum atomic E-state index is -0.747. The van der Waals surface area contributed by atoms with Gasteiger partial charge in [-0.1, -0.05) is 11.3 Å². The molecule has 0 aliphatic heterocycles. The summed E-state index contributed by atoms with van der Waals surface area (Å²) in [6.45, 7) is 5.75. The highest BCUT2D eigenvalue weighted by molar-refractivity contribution is 7.22. The van der Waals surface area contributed by atoms with Gasteiger partial charge in [-0.15, -0.1) is 12.4 Å². The number of nitrogens with zero attached hydrogens (tertiary/aromatic N) is 3. The van der Waals surface area contributed by atoms with Gasteiger partial charge in [0.2, 0.25) is 0 Å². The van der Waals surface area contributed by atoms with Gasteiger partial charge in [-0.25, -0.2) is 13.8 Å². The molecule has 0 radical (unpaired) electrons. The Kier molecular flexibility index (Phi) is 9.82. The summed E-state index contributed by atoms with van der Waals surface area (Å²) in [6, 6.07) is 7.04. The molecule has 3 aromatic rings. The maximum atomic E-state index is 14.2. The first kappa shape index (κ1) is 26.8. The monoisotopic (exact) mass is 499 g/mol. The Labute approximate surface area is 202 Å². The standard InChI is InChI=1S/C23H27F2N3O3S.ClH/c1-5-30-18-9-8-15(12-19(18)31-6-2)22(29)28(11-7-10-27(3)4)23-26-21-17(25)13-16(24)14-20(21)32-23;/h8-9,12-14H,5-7,10-11H2,1-4H3;1H. The molecule has 3 rings (SSSR count). The average molecular weight is 500 g/mol. The molecule has 0 unspecified atom stereocenters. The van der Waals surface area contributed by atoms with E-state index in [9.17, 15) is 13.6 Å². The zero-order valence-corrected chi connectivity index (χ0v) is 20.7. The fourth-order valence-corrected chi connectivity index (χ4v) is 4.26. The van der Waals surface area contributed by atoms with Crippen molar-refractivity contribution in [3.05, 3.63) is 47.5 Å². The first-order valence-corrected chi connectivity index (χ1v) is 11.3. The summed E-state index contributed by atoms with van der Waals surface area (Å²) < 4.78 is 39.5. The van der Waals surface area contributed by atoms with Gasteiger partial charge in [0.15, 0.2) is 22.4 Å². The van der Waals surface area contributed by atoms with E-state index in [1.165, 1.54) is 11.0 Å². The van der Waals surface area contributed by atoms with E-state index >= 15 is 0 Å². The van der Waals surface area contributed by atoms with E-state index in [0.717, 1.165) is 23.9 Å². The number of aromatic nitrogens is 1. The first-order chi connectivity index (χ1) is 15.3. The van der Waals surface area contributed by atoms with Crippen LogP contribution in [-0.4, -0.2) is 56.2 Å². The van der Waals surface area contributed by atoms with Crippen molar-refractivity contribution in [3.63, 3.8) is 0 Å². The van der Waals surface area contributed by atoms with Crippen LogP contribution in [0.3, 0.4) is 0 Å². The van der Waals surface area contributed by atoms with Crippen molar-refractivity contribution in [2.24, 2.45) is 0 Å². The lowest BCUT2D eigenvalue weighted by Gasteiger charge is -2.21. The molecule has 0 N–H and O–H groups in total. The lowest BCUT2D eigenvalue weighted by molar-refractivity contribution is 0.0985. The molecule has 0 fully saturated rings. The number of halogens is 3. The van der Waals surface area contributed by atoms with Gasteiger partial charge >= 0.3 is 0 Å². The highest BCUT2D eigenvalue weighted by atomic mass is 35.5. The predicted octanol–water partition coefficient (Wildman–Crippen LogP) is 5.39. The van der Waals surface area contributed by atoms with Crippen LogP contribution < -0.4 is 14.4 Å². The van der Waals surface area contributed by atoms with Crippen molar-refractivity contribution >= 4 is 45.0 Å². The Morgan fingerprint density at radius 1 is 1.03 bits per heavy atom. The number of carbonyl (C=O) groups is 1. The van der Waals surface area contributed by atoms with Crippen molar-refractivity contribution in [2.45, 2.75) is 20.3 Å². The van der Waals surface area contributed by atoms with Gasteiger partial charge in [0.05, 0.1) is 17.9 Å². The number of fused-ring (bicyclic) bond motifs is 1. The number of thiazole rings is 1. The summed E-state index contributed by atoms with van der Waals surface area (Å²) in [5.74, 6) is -0.687. The molecule has 180 valence electrons. The van der Waals surface area contributed by atoms with Crippen LogP contribution in [0.2, 0.25) is 0 Å². The van der Waals surface area contributed by atoms with E-state index in [1.54, 1.807) is 18.2 Å². The quantitative estimate of drug-likeness (QED) is 0.374. The predicted molar refractivity (Wildman–Crippen MR) is 130 cm³/mol. The minimum absolute atomic E-state index is 0. The van der Waals surface area contributed by atoms with Crippen LogP contribution in [0, 0.1) is 11.6 Å². The highest BCUT2D eigenvalue weighted by Gasteiger charge is 2.23. The van der Waals surface area contributed by atoms with Crippen molar-refractivity contribution in [1.82, 2.24) is 9.88 Å². The summed E-state index contributed by atoms with van der Waals surface area (Å²) in [5.41, 5.74) is 0.450. The lowest BCUT2D eigenvalue weighted by Crippen LogP contribution is -2.33. The normalized spacial score (nSPS) is 10.9. The summed E-state index contributed by atoms with van der Waals surface area (Å²) in [7, 11) is 3.89. The summed E-state index contributed by atoms with van der Waals surface area (Å²) >= 11 is 1.09. The van der Waals surface area contributed by atoms with E-state index in [-0.39, 0.29) is 23.8 Å². The summed E-state index contributed by atoms with van der Waals surface area (Å²) in [6.07, 6.45) is 0.681. The molecule has 1 amide bonds. The van der Waals surface area contributed by atoms with Gasteiger partial charge in [-0.3, -0.25) is 9.69 Å². The molecule has 33 heavy (non-hydrogen) atoms. The van der Waals surface area contributed by atoms with Crippen molar-refractivity contribution in [2.75, 3.05) is 45.3 Å². The summed E-state index contributed by atoms with van der Waals surface area (Å²) in [4.78, 5) is 21.3. The SMILES string of the molecule is CCOc1ccc(C(=O)N(CCCN(C)C)c2nc3c(F)cc(F)cc3s2)cc1OCC.Cl. The zero-order valence-electron chi connectivity index (χ0n) is 19.1. The molecular formula is C23H28ClF2N3O3S. The van der Waals surface area contributed by atoms with E-state index in [4.69, 9.17) is 9.47 Å². The summed E-state index contributed by atoms with van der Waals surface area (Å²) in [5, 5.41) is 0.320. The van der Waals surface area contributed by atoms with Crippen LogP contribution >= 0.6 is 23.7 Å². The Morgan fingerprint density at radius 2 is 1.73 bits per heavy atom. The van der Waals surface area contributed by atoms with Crippen LogP contribution in [0.5, 0.6) is 11.5 Å². The number of amides is 1. The highest BCUT2D eigenvalue weighted by Crippen LogP contribution is 2.34. The van der Waals surface area contributed by atoms with Crippen molar-refractivity contribution < 1.29 is 23.0 Å². The lowest BCUT2D eigenvalue weighted by atomic mass is 10.1. The maximum absolute atomic E-state index is 14.2. The number of hydrogen-bond acceptors (Lipinski definition) is 6. The van der Waals surface area contributed by atoms with E-state index < -0.39 is 11.6 Å². The second-order valence-electron chi connectivity index (χ2n) is 7.37. The molecule has 0 saturated carbocycles. The van der Waals surface area contributed by atoms with Crippen LogP contribution in [0.4, 0.5) is 13.9 Å². The largest absolute Gasteiger partial charge is 0.490 e. The average Bonchev–Trinajstić information content (AvgIpc) is 3.16. The fraction of sp³-hybridized carbons (Fsp3) is 0.391. The van der Waals surface area contributed by atoms with Gasteiger partial charge in [0.1, 0.15) is 11.3 Å². The zero-order chi connectivity index (χ0) is 23.3. The second-order valence-corrected chi connectivity index (χ2v) is 8.38. The topological polar surface area (TPSA) is 54.9 Å². The molecule has 10 heteroatoms. The number of rotatable bonds is 10. The molecule has 2 aromatic carbocycles. The number of anilines is 1. The van der Waals surface area contributed by atoms with Gasteiger partial charge in [0, 0.05) is 18.2 Å². The fourth-order valence-electron chi connectivity index (χ4n) is 3.23. The van der Waals surface area contributed by atoms with E-state index in [2.05, 4.69) is 4.98 Å². The van der Waals surface area contributed by atoms with Crippen LogP contribution in [0.15, 0.2) is 30.3 Å². The van der Waals surface area contributed by atoms with Crippen LogP contribution in [0.25, 0.3) is 10.2 Å². The van der Waals surface area contributed by atoms with Gasteiger partial charge < -0.3 is 14.4 Å². The molecule has 0 spiro atoms. The minimum Gasteiger partial charge on any atom is -0.490 e. The van der Waals surface area contributed by atoms with E-state index in [0.29, 0.717) is 53.1 Å². The smallest absolute Gasteiger partial charge is 0.260 e. The molecule has 1 heterocycles. The van der Waals surface area contributed by atoms with Crippen molar-refractivity contribution in [1.29, 1.82) is 0 Å². The number of carbonyl (C=O) groups excluding carboxylic acids is 1. The molecular weight excluding hydrogens is 472 g/mol. The Hall–Kier alpha value is -2.49. The number of benzene rings is 2. The third-order valence-electron chi connectivity index (χ3n) is 4.66. The molecule has 1 aromatic heterocycles. The molecule has 0 atom stereocenters. The first-order valence-electron chi connectivity index (χ1n) is 10.5. The third-order valence-corrected chi connectivity index (χ3v) is 5.68. The van der Waals surface area contributed by atoms with E-state index in [1.807, 2.05) is 32.8 Å². The molecule has 0 aliphatic rings. The Morgan fingerprint density at radius 3 is 2.39 bits per heavy atom.